The first-order valence-electron chi connectivity index (χ1n) is 4.29. The van der Waals surface area contributed by atoms with E-state index in [9.17, 15) is 4.79 Å². The third kappa shape index (κ3) is 1.33. The second-order valence-corrected chi connectivity index (χ2v) is 2.88. The Balaban J connectivity index is 2.56. The molecule has 0 amide bonds. The molecule has 0 aliphatic carbocycles. The minimum absolute atomic E-state index is 0.0868. The van der Waals surface area contributed by atoms with Crippen LogP contribution in [-0.4, -0.2) is 15.4 Å². The molecule has 0 N–H and O–H groups in total. The standard InChI is InChI=1S/C10H10N2O/c1-2-10(13)9-7-8-5-3-4-6-12(8)11-9/h3-7H,2H2,1H3. The highest BCUT2D eigenvalue weighted by atomic mass is 16.1. The van der Waals surface area contributed by atoms with E-state index in [-0.39, 0.29) is 5.78 Å². The predicted molar refractivity (Wildman–Crippen MR) is 49.8 cm³/mol. The Morgan fingerprint density at radius 1 is 1.54 bits per heavy atom. The summed E-state index contributed by atoms with van der Waals surface area (Å²) < 4.78 is 1.71. The fourth-order valence-corrected chi connectivity index (χ4v) is 1.26. The molecule has 3 heteroatoms. The highest BCUT2D eigenvalue weighted by molar-refractivity contribution is 5.95. The van der Waals surface area contributed by atoms with Crippen molar-refractivity contribution in [1.82, 2.24) is 9.61 Å². The van der Waals surface area contributed by atoms with Crippen molar-refractivity contribution in [3.8, 4) is 0 Å². The molecule has 2 aromatic rings. The molecule has 0 unspecified atom stereocenters. The van der Waals surface area contributed by atoms with Crippen LogP contribution in [0.15, 0.2) is 30.5 Å². The van der Waals surface area contributed by atoms with Gasteiger partial charge in [0.2, 0.25) is 0 Å². The lowest BCUT2D eigenvalue weighted by Gasteiger charge is -1.88. The lowest BCUT2D eigenvalue weighted by Crippen LogP contribution is -1.97. The van der Waals surface area contributed by atoms with Crippen LogP contribution in [-0.2, 0) is 0 Å². The van der Waals surface area contributed by atoms with Crippen molar-refractivity contribution in [1.29, 1.82) is 0 Å². The molecule has 0 aliphatic rings. The highest BCUT2D eigenvalue weighted by Gasteiger charge is 2.07. The minimum atomic E-state index is 0.0868. The molecular formula is C10H10N2O. The van der Waals surface area contributed by atoms with Crippen LogP contribution in [0, 0.1) is 0 Å². The van der Waals surface area contributed by atoms with Crippen molar-refractivity contribution in [3.05, 3.63) is 36.2 Å². The van der Waals surface area contributed by atoms with Crippen LogP contribution in [0.2, 0.25) is 0 Å². The minimum Gasteiger partial charge on any atom is -0.292 e. The molecule has 3 nitrogen and oxygen atoms in total. The summed E-state index contributed by atoms with van der Waals surface area (Å²) in [7, 11) is 0. The van der Waals surface area contributed by atoms with Crippen molar-refractivity contribution in [2.75, 3.05) is 0 Å². The molecule has 2 heterocycles. The van der Waals surface area contributed by atoms with Gasteiger partial charge in [-0.15, -0.1) is 0 Å². The molecule has 0 spiro atoms. The first-order chi connectivity index (χ1) is 6.31. The molecule has 0 fully saturated rings. The lowest BCUT2D eigenvalue weighted by atomic mass is 10.2. The van der Waals surface area contributed by atoms with Crippen molar-refractivity contribution in [2.45, 2.75) is 13.3 Å². The molecule has 0 aromatic carbocycles. The Bertz CT molecular complexity index is 412. The molecule has 0 saturated carbocycles. The summed E-state index contributed by atoms with van der Waals surface area (Å²) in [6.45, 7) is 1.84. The monoisotopic (exact) mass is 174 g/mol. The number of rotatable bonds is 2. The molecule has 66 valence electrons. The predicted octanol–water partition coefficient (Wildman–Crippen LogP) is 1.93. The average molecular weight is 174 g/mol. The molecular weight excluding hydrogens is 164 g/mol. The zero-order valence-electron chi connectivity index (χ0n) is 7.40. The summed E-state index contributed by atoms with van der Waals surface area (Å²) in [5.41, 5.74) is 1.51. The number of carbonyl (C=O) groups excluding carboxylic acids is 1. The average Bonchev–Trinajstić information content (AvgIpc) is 2.59. The van der Waals surface area contributed by atoms with E-state index >= 15 is 0 Å². The van der Waals surface area contributed by atoms with E-state index < -0.39 is 0 Å². The summed E-state index contributed by atoms with van der Waals surface area (Å²) in [5.74, 6) is 0.0868. The Kier molecular flexibility index (Phi) is 1.85. The van der Waals surface area contributed by atoms with Gasteiger partial charge in [-0.05, 0) is 18.2 Å². The third-order valence-electron chi connectivity index (χ3n) is 1.98. The van der Waals surface area contributed by atoms with Gasteiger partial charge in [-0.25, -0.2) is 4.52 Å². The third-order valence-corrected chi connectivity index (χ3v) is 1.98. The molecule has 2 rings (SSSR count). The van der Waals surface area contributed by atoms with Crippen molar-refractivity contribution in [2.24, 2.45) is 0 Å². The van der Waals surface area contributed by atoms with Gasteiger partial charge in [-0.1, -0.05) is 13.0 Å². The maximum Gasteiger partial charge on any atom is 0.182 e. The maximum atomic E-state index is 11.3. The van der Waals surface area contributed by atoms with Crippen molar-refractivity contribution < 1.29 is 4.79 Å². The molecule has 2 aromatic heterocycles. The summed E-state index contributed by atoms with van der Waals surface area (Å²) in [4.78, 5) is 11.3. The van der Waals surface area contributed by atoms with Crippen LogP contribution >= 0.6 is 0 Å². The second-order valence-electron chi connectivity index (χ2n) is 2.88. The number of nitrogens with zero attached hydrogens (tertiary/aromatic N) is 2. The van der Waals surface area contributed by atoms with E-state index in [0.717, 1.165) is 5.52 Å². The summed E-state index contributed by atoms with van der Waals surface area (Å²) in [6.07, 6.45) is 2.34. The van der Waals surface area contributed by atoms with E-state index in [1.165, 1.54) is 0 Å². The number of ketones is 1. The molecule has 0 radical (unpaired) electrons. The molecule has 0 aliphatic heterocycles. The van der Waals surface area contributed by atoms with Crippen LogP contribution < -0.4 is 0 Å². The number of hydrogen-bond donors (Lipinski definition) is 0. The normalized spacial score (nSPS) is 10.5. The second kappa shape index (κ2) is 3.01. The highest BCUT2D eigenvalue weighted by Crippen LogP contribution is 2.07. The van der Waals surface area contributed by atoms with Gasteiger partial charge in [0.1, 0.15) is 5.69 Å². The Morgan fingerprint density at radius 2 is 2.38 bits per heavy atom. The van der Waals surface area contributed by atoms with Crippen molar-refractivity contribution in [3.63, 3.8) is 0 Å². The largest absolute Gasteiger partial charge is 0.292 e. The number of carbonyl (C=O) groups is 1. The SMILES string of the molecule is CCC(=O)c1cc2ccccn2n1. The van der Waals surface area contributed by atoms with Crippen molar-refractivity contribution >= 4 is 11.3 Å². The van der Waals surface area contributed by atoms with Gasteiger partial charge in [0.15, 0.2) is 5.78 Å². The number of pyridine rings is 1. The van der Waals surface area contributed by atoms with Gasteiger partial charge >= 0.3 is 0 Å². The van der Waals surface area contributed by atoms with Crippen LogP contribution in [0.4, 0.5) is 0 Å². The Hall–Kier alpha value is -1.64. The van der Waals surface area contributed by atoms with Gasteiger partial charge in [-0.3, -0.25) is 4.79 Å². The maximum absolute atomic E-state index is 11.3. The van der Waals surface area contributed by atoms with Gasteiger partial charge in [0.25, 0.3) is 0 Å². The van der Waals surface area contributed by atoms with Crippen LogP contribution in [0.25, 0.3) is 5.52 Å². The van der Waals surface area contributed by atoms with Crippen LogP contribution in [0.5, 0.6) is 0 Å². The zero-order chi connectivity index (χ0) is 9.26. The van der Waals surface area contributed by atoms with E-state index in [4.69, 9.17) is 0 Å². The van der Waals surface area contributed by atoms with Gasteiger partial charge in [-0.2, -0.15) is 5.10 Å². The number of fused-ring (bicyclic) bond motifs is 1. The van der Waals surface area contributed by atoms with E-state index in [0.29, 0.717) is 12.1 Å². The summed E-state index contributed by atoms with van der Waals surface area (Å²) in [6, 6.07) is 7.56. The first-order valence-corrected chi connectivity index (χ1v) is 4.29. The Morgan fingerprint density at radius 3 is 3.08 bits per heavy atom. The number of Topliss-reactive ketones (excluding diaryl/α,β-unsaturated/α-hetero) is 1. The molecule has 0 bridgehead atoms. The van der Waals surface area contributed by atoms with Gasteiger partial charge in [0, 0.05) is 12.6 Å². The number of hydrogen-bond acceptors (Lipinski definition) is 2. The van der Waals surface area contributed by atoms with Gasteiger partial charge in [0.05, 0.1) is 5.52 Å². The first kappa shape index (κ1) is 7.98. The van der Waals surface area contributed by atoms with E-state index in [1.54, 1.807) is 4.52 Å². The number of aromatic nitrogens is 2. The van der Waals surface area contributed by atoms with Gasteiger partial charge < -0.3 is 0 Å². The zero-order valence-corrected chi connectivity index (χ0v) is 7.40. The quantitative estimate of drug-likeness (QED) is 0.652. The fraction of sp³-hybridized carbons (Fsp3) is 0.200. The van der Waals surface area contributed by atoms with Crippen LogP contribution in [0.3, 0.4) is 0 Å². The fourth-order valence-electron chi connectivity index (χ4n) is 1.26. The van der Waals surface area contributed by atoms with E-state index in [2.05, 4.69) is 5.10 Å². The molecule has 0 atom stereocenters. The topological polar surface area (TPSA) is 34.4 Å². The Labute approximate surface area is 76.0 Å². The summed E-state index contributed by atoms with van der Waals surface area (Å²) >= 11 is 0. The van der Waals surface area contributed by atoms with E-state index in [1.807, 2.05) is 37.4 Å². The van der Waals surface area contributed by atoms with Crippen LogP contribution in [0.1, 0.15) is 23.8 Å². The molecule has 0 saturated heterocycles. The smallest absolute Gasteiger partial charge is 0.182 e. The lowest BCUT2D eigenvalue weighted by molar-refractivity contribution is 0.0983. The summed E-state index contributed by atoms with van der Waals surface area (Å²) in [5, 5.41) is 4.15. The molecule has 13 heavy (non-hydrogen) atoms.